The number of hydrogen-bond donors (Lipinski definition) is 1. The van der Waals surface area contributed by atoms with Gasteiger partial charge in [0.1, 0.15) is 11.1 Å². The number of halogens is 1. The lowest BCUT2D eigenvalue weighted by Crippen LogP contribution is -2.18. The van der Waals surface area contributed by atoms with Crippen molar-refractivity contribution in [3.05, 3.63) is 60.5 Å². The first-order valence-electron chi connectivity index (χ1n) is 9.14. The van der Waals surface area contributed by atoms with Crippen LogP contribution in [0, 0.1) is 5.82 Å². The van der Waals surface area contributed by atoms with E-state index in [1.807, 2.05) is 42.0 Å². The molecule has 0 aliphatic rings. The van der Waals surface area contributed by atoms with E-state index < -0.39 is 5.25 Å². The number of nitrogens with zero attached hydrogens (tertiary/aromatic N) is 3. The van der Waals surface area contributed by atoms with E-state index in [-0.39, 0.29) is 11.8 Å². The molecule has 0 saturated heterocycles. The minimum Gasteiger partial charge on any atom is -0.468 e. The number of carbonyl (C=O) groups is 1. The summed E-state index contributed by atoms with van der Waals surface area (Å²) in [6.45, 7) is 1.91. The van der Waals surface area contributed by atoms with Gasteiger partial charge in [0.2, 0.25) is 0 Å². The van der Waals surface area contributed by atoms with Crippen LogP contribution in [0.3, 0.4) is 0 Å². The molecule has 2 heterocycles. The minimum absolute atomic E-state index is 0.320. The van der Waals surface area contributed by atoms with E-state index in [1.165, 1.54) is 31.0 Å². The number of carbonyl (C=O) groups excluding carboxylic acids is 1. The number of ether oxygens (including phenoxy) is 1. The molecule has 0 amide bonds. The van der Waals surface area contributed by atoms with Crippen molar-refractivity contribution < 1.29 is 13.9 Å². The van der Waals surface area contributed by atoms with Crippen molar-refractivity contribution in [2.24, 2.45) is 0 Å². The van der Waals surface area contributed by atoms with Crippen LogP contribution >= 0.6 is 11.8 Å². The predicted molar refractivity (Wildman–Crippen MR) is 111 cm³/mol. The molecular weight excluding hydrogens is 391 g/mol. The number of thioether (sulfide) groups is 1. The average Bonchev–Trinajstić information content (AvgIpc) is 3.36. The summed E-state index contributed by atoms with van der Waals surface area (Å²) < 4.78 is 20.3. The van der Waals surface area contributed by atoms with Gasteiger partial charge >= 0.3 is 5.97 Å². The fraction of sp³-hybridized carbons (Fsp3) is 0.190. The summed E-state index contributed by atoms with van der Waals surface area (Å²) in [5.41, 5.74) is 2.56. The lowest BCUT2D eigenvalue weighted by atomic mass is 10.1. The van der Waals surface area contributed by atoms with Crippen molar-refractivity contribution >= 4 is 28.6 Å². The van der Waals surface area contributed by atoms with E-state index in [2.05, 4.69) is 15.2 Å². The van der Waals surface area contributed by atoms with Gasteiger partial charge in [0, 0.05) is 28.4 Å². The molecule has 1 N–H and O–H groups in total. The number of fused-ring (bicyclic) bond motifs is 1. The van der Waals surface area contributed by atoms with Gasteiger partial charge in [0.25, 0.3) is 0 Å². The van der Waals surface area contributed by atoms with Crippen LogP contribution < -0.4 is 0 Å². The molecule has 2 aromatic carbocycles. The molecule has 4 aromatic rings. The number of nitrogens with one attached hydrogen (secondary N) is 1. The second-order valence-corrected chi connectivity index (χ2v) is 7.57. The maximum Gasteiger partial charge on any atom is 0.319 e. The summed E-state index contributed by atoms with van der Waals surface area (Å²) in [7, 11) is 1.37. The van der Waals surface area contributed by atoms with Gasteiger partial charge in [-0.15, -0.1) is 10.2 Å². The fourth-order valence-corrected chi connectivity index (χ4v) is 4.16. The van der Waals surface area contributed by atoms with Gasteiger partial charge in [-0.25, -0.2) is 4.39 Å². The Morgan fingerprint density at radius 2 is 1.97 bits per heavy atom. The van der Waals surface area contributed by atoms with Crippen molar-refractivity contribution in [3.8, 4) is 17.1 Å². The summed E-state index contributed by atoms with van der Waals surface area (Å²) in [6.07, 6.45) is 2.46. The van der Waals surface area contributed by atoms with E-state index in [0.29, 0.717) is 23.1 Å². The van der Waals surface area contributed by atoms with Crippen LogP contribution in [0.15, 0.2) is 59.9 Å². The first-order chi connectivity index (χ1) is 14.1. The molecule has 148 valence electrons. The summed E-state index contributed by atoms with van der Waals surface area (Å²) in [5, 5.41) is 9.87. The zero-order valence-corrected chi connectivity index (χ0v) is 16.7. The maximum absolute atomic E-state index is 13.5. The molecule has 0 aliphatic heterocycles. The second-order valence-electron chi connectivity index (χ2n) is 6.40. The number of methoxy groups -OCH3 is 1. The largest absolute Gasteiger partial charge is 0.468 e. The number of H-pyrrole nitrogens is 1. The smallest absolute Gasteiger partial charge is 0.319 e. The highest BCUT2D eigenvalue weighted by Gasteiger charge is 2.25. The van der Waals surface area contributed by atoms with Crippen LogP contribution in [0.5, 0.6) is 0 Å². The Morgan fingerprint density at radius 1 is 1.21 bits per heavy atom. The molecular formula is C21H19FN4O2S. The molecule has 0 radical (unpaired) electrons. The molecule has 0 fully saturated rings. The quantitative estimate of drug-likeness (QED) is 0.372. The molecule has 1 unspecified atom stereocenters. The van der Waals surface area contributed by atoms with Crippen LogP contribution in [0.25, 0.3) is 28.0 Å². The Hall–Kier alpha value is -3.13. The van der Waals surface area contributed by atoms with E-state index >= 15 is 0 Å². The third-order valence-electron chi connectivity index (χ3n) is 4.63. The van der Waals surface area contributed by atoms with Crippen molar-refractivity contribution in [2.45, 2.75) is 23.8 Å². The number of aromatic nitrogens is 4. The molecule has 0 saturated carbocycles. The molecule has 0 bridgehead atoms. The van der Waals surface area contributed by atoms with Crippen molar-refractivity contribution in [3.63, 3.8) is 0 Å². The first-order valence-corrected chi connectivity index (χ1v) is 10.0. The van der Waals surface area contributed by atoms with E-state index in [4.69, 9.17) is 4.74 Å². The normalized spacial score (nSPS) is 12.2. The van der Waals surface area contributed by atoms with E-state index in [1.54, 1.807) is 12.1 Å². The number of rotatable bonds is 6. The molecule has 0 aliphatic carbocycles. The topological polar surface area (TPSA) is 72.8 Å². The van der Waals surface area contributed by atoms with Crippen LogP contribution in [0.1, 0.15) is 13.3 Å². The Morgan fingerprint density at radius 3 is 2.69 bits per heavy atom. The SMILES string of the molecule is CCC(Sc1nnc(-c2c[nH]c3ccccc23)n1-c1ccc(F)cc1)C(=O)OC. The molecule has 2 aromatic heterocycles. The second kappa shape index (κ2) is 8.08. The monoisotopic (exact) mass is 410 g/mol. The predicted octanol–water partition coefficient (Wildman–Crippen LogP) is 4.60. The number of benzene rings is 2. The summed E-state index contributed by atoms with van der Waals surface area (Å²) in [6, 6.07) is 14.0. The highest BCUT2D eigenvalue weighted by Crippen LogP contribution is 2.34. The Bertz CT molecular complexity index is 1150. The van der Waals surface area contributed by atoms with E-state index in [9.17, 15) is 9.18 Å². The van der Waals surface area contributed by atoms with E-state index in [0.717, 1.165) is 16.5 Å². The molecule has 29 heavy (non-hydrogen) atoms. The van der Waals surface area contributed by atoms with Crippen LogP contribution in [0.2, 0.25) is 0 Å². The molecule has 1 atom stereocenters. The summed E-state index contributed by atoms with van der Waals surface area (Å²) >= 11 is 1.28. The van der Waals surface area contributed by atoms with Gasteiger partial charge in [0.15, 0.2) is 11.0 Å². The van der Waals surface area contributed by atoms with Gasteiger partial charge < -0.3 is 9.72 Å². The number of hydrogen-bond acceptors (Lipinski definition) is 5. The number of para-hydroxylation sites is 1. The molecule has 8 heteroatoms. The Labute approximate surface area is 171 Å². The van der Waals surface area contributed by atoms with Gasteiger partial charge in [-0.2, -0.15) is 0 Å². The number of aromatic amines is 1. The molecule has 0 spiro atoms. The standard InChI is InChI=1S/C21H19FN4O2S/c1-3-18(20(27)28-2)29-21-25-24-19(26(21)14-10-8-13(22)9-11-14)16-12-23-17-7-5-4-6-15(16)17/h4-12,18,23H,3H2,1-2H3. The maximum atomic E-state index is 13.5. The minimum atomic E-state index is -0.417. The molecule has 4 rings (SSSR count). The third kappa shape index (κ3) is 3.63. The van der Waals surface area contributed by atoms with Crippen LogP contribution in [-0.4, -0.2) is 38.1 Å². The van der Waals surface area contributed by atoms with Gasteiger partial charge in [-0.3, -0.25) is 9.36 Å². The first kappa shape index (κ1) is 19.2. The third-order valence-corrected chi connectivity index (χ3v) is 5.92. The highest BCUT2D eigenvalue weighted by molar-refractivity contribution is 8.00. The van der Waals surface area contributed by atoms with Gasteiger partial charge in [0.05, 0.1) is 7.11 Å². The molecule has 6 nitrogen and oxygen atoms in total. The van der Waals surface area contributed by atoms with Gasteiger partial charge in [-0.1, -0.05) is 36.9 Å². The highest BCUT2D eigenvalue weighted by atomic mass is 32.2. The van der Waals surface area contributed by atoms with Crippen molar-refractivity contribution in [1.82, 2.24) is 19.7 Å². The lowest BCUT2D eigenvalue weighted by Gasteiger charge is -2.14. The summed E-state index contributed by atoms with van der Waals surface area (Å²) in [5.74, 6) is -0.0401. The lowest BCUT2D eigenvalue weighted by molar-refractivity contribution is -0.140. The van der Waals surface area contributed by atoms with Crippen molar-refractivity contribution in [1.29, 1.82) is 0 Å². The van der Waals surface area contributed by atoms with Crippen LogP contribution in [-0.2, 0) is 9.53 Å². The summed E-state index contributed by atoms with van der Waals surface area (Å²) in [4.78, 5) is 15.3. The Kier molecular flexibility index (Phi) is 5.35. The average molecular weight is 410 g/mol. The van der Waals surface area contributed by atoms with Crippen LogP contribution in [0.4, 0.5) is 4.39 Å². The zero-order valence-electron chi connectivity index (χ0n) is 15.9. The van der Waals surface area contributed by atoms with Crippen molar-refractivity contribution in [2.75, 3.05) is 7.11 Å². The number of esters is 1. The van der Waals surface area contributed by atoms with Gasteiger partial charge in [-0.05, 0) is 36.8 Å². The zero-order chi connectivity index (χ0) is 20.4. The fourth-order valence-electron chi connectivity index (χ4n) is 3.16. The Balaban J connectivity index is 1.87.